The van der Waals surface area contributed by atoms with E-state index in [1.807, 2.05) is 6.92 Å². The zero-order valence-corrected chi connectivity index (χ0v) is 16.7. The summed E-state index contributed by atoms with van der Waals surface area (Å²) in [6.07, 6.45) is 0.766. The Balaban J connectivity index is 1.97. The third-order valence-corrected chi connectivity index (χ3v) is 5.66. The molecule has 150 valence electrons. The number of hydrogen-bond donors (Lipinski definition) is 1. The number of sulfonamides is 1. The highest BCUT2D eigenvalue weighted by molar-refractivity contribution is 7.92. The van der Waals surface area contributed by atoms with Crippen molar-refractivity contribution in [3.8, 4) is 17.2 Å². The number of benzene rings is 2. The van der Waals surface area contributed by atoms with E-state index < -0.39 is 10.0 Å². The number of ether oxygens (including phenoxy) is 3. The van der Waals surface area contributed by atoms with Gasteiger partial charge in [-0.2, -0.15) is 0 Å². The summed E-state index contributed by atoms with van der Waals surface area (Å²) in [6.45, 7) is 2.46. The lowest BCUT2D eigenvalue weighted by molar-refractivity contribution is -0.121. The molecule has 1 heterocycles. The van der Waals surface area contributed by atoms with Gasteiger partial charge in [0.15, 0.2) is 6.61 Å². The van der Waals surface area contributed by atoms with Gasteiger partial charge in [-0.15, -0.1) is 0 Å². The number of amides is 1. The molecule has 0 radical (unpaired) electrons. The first-order chi connectivity index (χ1) is 13.4. The summed E-state index contributed by atoms with van der Waals surface area (Å²) in [5, 5.41) is 0. The highest BCUT2D eigenvalue weighted by Gasteiger charge is 2.26. The summed E-state index contributed by atoms with van der Waals surface area (Å²) >= 11 is 0. The Morgan fingerprint density at radius 3 is 2.61 bits per heavy atom. The van der Waals surface area contributed by atoms with Crippen molar-refractivity contribution in [2.75, 3.05) is 37.0 Å². The van der Waals surface area contributed by atoms with Crippen LogP contribution in [0.15, 0.2) is 41.3 Å². The Hall–Kier alpha value is -2.94. The maximum atomic E-state index is 12.9. The van der Waals surface area contributed by atoms with Crippen LogP contribution in [0.2, 0.25) is 0 Å². The Labute approximate surface area is 164 Å². The SMILES string of the molecule is CCCN1C(=O)COc2ccc(NS(=O)(=O)c3cc(OC)ccc3OC)cc21. The molecule has 1 aliphatic rings. The molecule has 9 heteroatoms. The van der Waals surface area contributed by atoms with Gasteiger partial charge in [0.25, 0.3) is 15.9 Å². The molecule has 2 aromatic rings. The summed E-state index contributed by atoms with van der Waals surface area (Å²) in [5.41, 5.74) is 0.846. The largest absolute Gasteiger partial charge is 0.497 e. The van der Waals surface area contributed by atoms with E-state index in [1.165, 1.54) is 26.4 Å². The standard InChI is InChI=1S/C19H22N2O6S/c1-4-9-21-15-10-13(5-7-16(15)27-12-19(21)22)20-28(23,24)18-11-14(25-2)6-8-17(18)26-3/h5-8,10-11,20H,4,9,12H2,1-3H3. The second-order valence-electron chi connectivity index (χ2n) is 6.14. The van der Waals surface area contributed by atoms with Gasteiger partial charge in [-0.1, -0.05) is 6.92 Å². The van der Waals surface area contributed by atoms with Crippen molar-refractivity contribution >= 4 is 27.3 Å². The van der Waals surface area contributed by atoms with Crippen molar-refractivity contribution in [2.24, 2.45) is 0 Å². The molecule has 1 N–H and O–H groups in total. The first kappa shape index (κ1) is 19.8. The van der Waals surface area contributed by atoms with E-state index in [0.717, 1.165) is 6.42 Å². The van der Waals surface area contributed by atoms with Crippen LogP contribution in [0, 0.1) is 0 Å². The predicted molar refractivity (Wildman–Crippen MR) is 105 cm³/mol. The minimum absolute atomic E-state index is 0.0287. The molecule has 1 amide bonds. The van der Waals surface area contributed by atoms with Crippen LogP contribution in [-0.2, 0) is 14.8 Å². The molecule has 0 fully saturated rings. The lowest BCUT2D eigenvalue weighted by Gasteiger charge is -2.29. The smallest absolute Gasteiger partial charge is 0.265 e. The normalized spacial score (nSPS) is 13.5. The van der Waals surface area contributed by atoms with E-state index in [-0.39, 0.29) is 23.2 Å². The van der Waals surface area contributed by atoms with E-state index in [4.69, 9.17) is 14.2 Å². The summed E-state index contributed by atoms with van der Waals surface area (Å²) < 4.78 is 44.1. The zero-order chi connectivity index (χ0) is 20.3. The van der Waals surface area contributed by atoms with E-state index in [0.29, 0.717) is 29.4 Å². The zero-order valence-electron chi connectivity index (χ0n) is 15.9. The Morgan fingerprint density at radius 1 is 1.14 bits per heavy atom. The number of carbonyl (C=O) groups excluding carboxylic acids is 1. The first-order valence-electron chi connectivity index (χ1n) is 8.71. The Kier molecular flexibility index (Phi) is 5.64. The van der Waals surface area contributed by atoms with Gasteiger partial charge in [-0.25, -0.2) is 8.42 Å². The fraction of sp³-hybridized carbons (Fsp3) is 0.316. The molecule has 3 rings (SSSR count). The fourth-order valence-electron chi connectivity index (χ4n) is 2.94. The average molecular weight is 406 g/mol. The molecule has 0 saturated carbocycles. The number of fused-ring (bicyclic) bond motifs is 1. The number of methoxy groups -OCH3 is 2. The van der Waals surface area contributed by atoms with Crippen LogP contribution >= 0.6 is 0 Å². The lowest BCUT2D eigenvalue weighted by Crippen LogP contribution is -2.39. The van der Waals surface area contributed by atoms with E-state index >= 15 is 0 Å². The molecule has 0 aliphatic carbocycles. The van der Waals surface area contributed by atoms with Crippen LogP contribution in [0.4, 0.5) is 11.4 Å². The van der Waals surface area contributed by atoms with Crippen LogP contribution in [0.1, 0.15) is 13.3 Å². The summed E-state index contributed by atoms with van der Waals surface area (Å²) in [4.78, 5) is 13.7. The maximum Gasteiger partial charge on any atom is 0.265 e. The molecule has 0 spiro atoms. The quantitative estimate of drug-likeness (QED) is 0.760. The molecule has 1 aliphatic heterocycles. The van der Waals surface area contributed by atoms with E-state index in [9.17, 15) is 13.2 Å². The molecule has 0 atom stereocenters. The van der Waals surface area contributed by atoms with Gasteiger partial charge in [0, 0.05) is 12.6 Å². The van der Waals surface area contributed by atoms with Crippen molar-refractivity contribution < 1.29 is 27.4 Å². The van der Waals surface area contributed by atoms with Gasteiger partial charge in [0.1, 0.15) is 22.1 Å². The van der Waals surface area contributed by atoms with Gasteiger partial charge in [-0.05, 0) is 36.8 Å². The molecule has 0 unspecified atom stereocenters. The first-order valence-corrected chi connectivity index (χ1v) is 10.2. The van der Waals surface area contributed by atoms with Crippen molar-refractivity contribution in [2.45, 2.75) is 18.2 Å². The number of rotatable bonds is 7. The summed E-state index contributed by atoms with van der Waals surface area (Å²) in [7, 11) is -1.11. The van der Waals surface area contributed by atoms with Crippen LogP contribution < -0.4 is 23.8 Å². The molecule has 0 saturated heterocycles. The van der Waals surface area contributed by atoms with Crippen molar-refractivity contribution in [3.63, 3.8) is 0 Å². The third-order valence-electron chi connectivity index (χ3n) is 4.26. The van der Waals surface area contributed by atoms with Crippen LogP contribution in [0.5, 0.6) is 17.2 Å². The van der Waals surface area contributed by atoms with Gasteiger partial charge in [0.05, 0.1) is 25.6 Å². The lowest BCUT2D eigenvalue weighted by atomic mass is 10.2. The van der Waals surface area contributed by atoms with Gasteiger partial charge in [0.2, 0.25) is 0 Å². The molecular weight excluding hydrogens is 384 g/mol. The highest BCUT2D eigenvalue weighted by Crippen LogP contribution is 2.36. The topological polar surface area (TPSA) is 94.2 Å². The molecule has 2 aromatic carbocycles. The second kappa shape index (κ2) is 7.97. The van der Waals surface area contributed by atoms with Crippen LogP contribution in [0.3, 0.4) is 0 Å². The van der Waals surface area contributed by atoms with Gasteiger partial charge < -0.3 is 19.1 Å². The summed E-state index contributed by atoms with van der Waals surface area (Å²) in [5.74, 6) is 0.955. The number of anilines is 2. The molecule has 0 aromatic heterocycles. The molecule has 28 heavy (non-hydrogen) atoms. The van der Waals surface area contributed by atoms with Gasteiger partial charge in [-0.3, -0.25) is 9.52 Å². The van der Waals surface area contributed by atoms with Crippen molar-refractivity contribution in [1.29, 1.82) is 0 Å². The van der Waals surface area contributed by atoms with Crippen LogP contribution in [0.25, 0.3) is 0 Å². The van der Waals surface area contributed by atoms with Gasteiger partial charge >= 0.3 is 0 Å². The minimum Gasteiger partial charge on any atom is -0.497 e. The molecule has 8 nitrogen and oxygen atoms in total. The maximum absolute atomic E-state index is 12.9. The monoisotopic (exact) mass is 406 g/mol. The van der Waals surface area contributed by atoms with E-state index in [2.05, 4.69) is 4.72 Å². The predicted octanol–water partition coefficient (Wildman–Crippen LogP) is 2.64. The van der Waals surface area contributed by atoms with Crippen molar-refractivity contribution in [3.05, 3.63) is 36.4 Å². The fourth-order valence-corrected chi connectivity index (χ4v) is 4.17. The number of nitrogens with one attached hydrogen (secondary N) is 1. The molecule has 0 bridgehead atoms. The minimum atomic E-state index is -3.96. The number of nitrogens with zero attached hydrogens (tertiary/aromatic N) is 1. The average Bonchev–Trinajstić information content (AvgIpc) is 2.69. The molecular formula is C19H22N2O6S. The third kappa shape index (κ3) is 3.84. The van der Waals surface area contributed by atoms with Crippen molar-refractivity contribution in [1.82, 2.24) is 0 Å². The van der Waals surface area contributed by atoms with E-state index in [1.54, 1.807) is 29.2 Å². The number of hydrogen-bond acceptors (Lipinski definition) is 6. The Bertz CT molecular complexity index is 990. The Morgan fingerprint density at radius 2 is 1.93 bits per heavy atom. The number of carbonyl (C=O) groups is 1. The summed E-state index contributed by atoms with van der Waals surface area (Å²) in [6, 6.07) is 9.34. The second-order valence-corrected chi connectivity index (χ2v) is 7.79. The highest BCUT2D eigenvalue weighted by atomic mass is 32.2. The van der Waals surface area contributed by atoms with Crippen LogP contribution in [-0.4, -0.2) is 41.7 Å².